The smallest absolute Gasteiger partial charge is 0.138 e. The van der Waals surface area contributed by atoms with Gasteiger partial charge in [-0.05, 0) is 40.1 Å². The van der Waals surface area contributed by atoms with Crippen LogP contribution < -0.4 is 10.5 Å². The van der Waals surface area contributed by atoms with Crippen LogP contribution in [0.4, 0.5) is 0 Å². The number of hydrogen-bond acceptors (Lipinski definition) is 3. The summed E-state index contributed by atoms with van der Waals surface area (Å²) in [5.41, 5.74) is 7.69. The van der Waals surface area contributed by atoms with Crippen LogP contribution in [0, 0.1) is 0 Å². The Morgan fingerprint density at radius 3 is 2.75 bits per heavy atom. The van der Waals surface area contributed by atoms with Crippen LogP contribution in [0.5, 0.6) is 5.75 Å². The van der Waals surface area contributed by atoms with Gasteiger partial charge in [-0.25, -0.2) is 0 Å². The summed E-state index contributed by atoms with van der Waals surface area (Å²) >= 11 is 7.73. The van der Waals surface area contributed by atoms with Gasteiger partial charge >= 0.3 is 0 Å². The molecule has 0 spiro atoms. The van der Waals surface area contributed by atoms with E-state index in [-0.39, 0.29) is 0 Å². The molecule has 1 aromatic heterocycles. The van der Waals surface area contributed by atoms with Gasteiger partial charge in [0.05, 0.1) is 5.02 Å². The van der Waals surface area contributed by atoms with Crippen molar-refractivity contribution in [3.05, 3.63) is 51.2 Å². The predicted octanol–water partition coefficient (Wildman–Crippen LogP) is 3.44. The number of thiophene rings is 1. The summed E-state index contributed by atoms with van der Waals surface area (Å²) in [4.78, 5) is 0. The Kier molecular flexibility index (Phi) is 3.83. The molecular formula is C12H12ClNOS. The lowest BCUT2D eigenvalue weighted by atomic mass is 10.2. The summed E-state index contributed by atoms with van der Waals surface area (Å²) < 4.78 is 5.61. The number of hydrogen-bond donors (Lipinski definition) is 1. The second kappa shape index (κ2) is 5.34. The maximum Gasteiger partial charge on any atom is 0.138 e. The van der Waals surface area contributed by atoms with E-state index in [0.29, 0.717) is 23.9 Å². The van der Waals surface area contributed by atoms with Gasteiger partial charge in [-0.1, -0.05) is 17.7 Å². The molecule has 0 aliphatic carbocycles. The van der Waals surface area contributed by atoms with E-state index in [1.165, 1.54) is 0 Å². The maximum atomic E-state index is 6.07. The van der Waals surface area contributed by atoms with Crippen molar-refractivity contribution in [2.24, 2.45) is 5.73 Å². The summed E-state index contributed by atoms with van der Waals surface area (Å²) in [6.07, 6.45) is 0. The van der Waals surface area contributed by atoms with Crippen molar-refractivity contribution in [3.63, 3.8) is 0 Å². The number of benzene rings is 1. The first-order chi connectivity index (χ1) is 7.79. The lowest BCUT2D eigenvalue weighted by molar-refractivity contribution is 0.307. The standard InChI is InChI=1S/C12H12ClNOS/c13-11-5-9(6-14)1-2-12(11)15-7-10-3-4-16-8-10/h1-5,8H,6-7,14H2. The SMILES string of the molecule is NCc1ccc(OCc2ccsc2)c(Cl)c1. The Morgan fingerprint density at radius 2 is 2.12 bits per heavy atom. The van der Waals surface area contributed by atoms with E-state index in [1.54, 1.807) is 11.3 Å². The zero-order valence-electron chi connectivity index (χ0n) is 8.65. The van der Waals surface area contributed by atoms with Crippen LogP contribution in [-0.4, -0.2) is 0 Å². The molecule has 0 unspecified atom stereocenters. The normalized spacial score (nSPS) is 10.4. The Bertz CT molecular complexity index is 456. The van der Waals surface area contributed by atoms with Crippen LogP contribution in [0.25, 0.3) is 0 Å². The topological polar surface area (TPSA) is 35.2 Å². The minimum absolute atomic E-state index is 0.491. The van der Waals surface area contributed by atoms with Crippen LogP contribution in [0.15, 0.2) is 35.0 Å². The summed E-state index contributed by atoms with van der Waals surface area (Å²) in [6, 6.07) is 7.66. The van der Waals surface area contributed by atoms with Gasteiger partial charge in [-0.15, -0.1) is 0 Å². The zero-order chi connectivity index (χ0) is 11.4. The van der Waals surface area contributed by atoms with Gasteiger partial charge in [0, 0.05) is 6.54 Å². The van der Waals surface area contributed by atoms with Crippen LogP contribution in [0.1, 0.15) is 11.1 Å². The summed E-state index contributed by atoms with van der Waals surface area (Å²) in [6.45, 7) is 1.04. The molecule has 0 fully saturated rings. The number of nitrogens with two attached hydrogens (primary N) is 1. The quantitative estimate of drug-likeness (QED) is 0.906. The first-order valence-electron chi connectivity index (χ1n) is 4.92. The molecule has 0 bridgehead atoms. The molecule has 4 heteroatoms. The molecule has 0 saturated carbocycles. The summed E-state index contributed by atoms with van der Waals surface area (Å²) in [7, 11) is 0. The van der Waals surface area contributed by atoms with Crippen LogP contribution in [-0.2, 0) is 13.2 Å². The highest BCUT2D eigenvalue weighted by Gasteiger charge is 2.03. The van der Waals surface area contributed by atoms with Gasteiger partial charge in [0.2, 0.25) is 0 Å². The highest BCUT2D eigenvalue weighted by molar-refractivity contribution is 7.07. The van der Waals surface area contributed by atoms with E-state index in [9.17, 15) is 0 Å². The molecule has 84 valence electrons. The zero-order valence-corrected chi connectivity index (χ0v) is 10.2. The van der Waals surface area contributed by atoms with Crippen LogP contribution in [0.2, 0.25) is 5.02 Å². The molecule has 16 heavy (non-hydrogen) atoms. The van der Waals surface area contributed by atoms with E-state index >= 15 is 0 Å². The average Bonchev–Trinajstić information content (AvgIpc) is 2.80. The van der Waals surface area contributed by atoms with Crippen molar-refractivity contribution >= 4 is 22.9 Å². The van der Waals surface area contributed by atoms with Gasteiger partial charge in [-0.3, -0.25) is 0 Å². The highest BCUT2D eigenvalue weighted by Crippen LogP contribution is 2.26. The van der Waals surface area contributed by atoms with Gasteiger partial charge in [0.15, 0.2) is 0 Å². The van der Waals surface area contributed by atoms with E-state index in [2.05, 4.69) is 5.38 Å². The molecule has 0 amide bonds. The third kappa shape index (κ3) is 2.76. The molecule has 1 aromatic carbocycles. The minimum atomic E-state index is 0.491. The van der Waals surface area contributed by atoms with E-state index in [0.717, 1.165) is 11.1 Å². The maximum absolute atomic E-state index is 6.07. The molecule has 2 aromatic rings. The summed E-state index contributed by atoms with van der Waals surface area (Å²) in [5.74, 6) is 0.699. The van der Waals surface area contributed by atoms with Crippen LogP contribution in [0.3, 0.4) is 0 Å². The number of halogens is 1. The predicted molar refractivity (Wildman–Crippen MR) is 68.0 cm³/mol. The number of rotatable bonds is 4. The number of ether oxygens (including phenoxy) is 1. The van der Waals surface area contributed by atoms with E-state index in [4.69, 9.17) is 22.1 Å². The third-order valence-corrected chi connectivity index (χ3v) is 3.23. The Balaban J connectivity index is 2.04. The molecule has 2 nitrogen and oxygen atoms in total. The van der Waals surface area contributed by atoms with Gasteiger partial charge in [-0.2, -0.15) is 11.3 Å². The average molecular weight is 254 g/mol. The molecular weight excluding hydrogens is 242 g/mol. The first-order valence-corrected chi connectivity index (χ1v) is 6.24. The van der Waals surface area contributed by atoms with Gasteiger partial charge < -0.3 is 10.5 Å². The Labute approximate surface area is 104 Å². The van der Waals surface area contributed by atoms with Crippen molar-refractivity contribution in [1.82, 2.24) is 0 Å². The fourth-order valence-electron chi connectivity index (χ4n) is 1.32. The monoisotopic (exact) mass is 253 g/mol. The molecule has 2 rings (SSSR count). The molecule has 2 N–H and O–H groups in total. The third-order valence-electron chi connectivity index (χ3n) is 2.21. The molecule has 0 saturated heterocycles. The van der Waals surface area contributed by atoms with E-state index < -0.39 is 0 Å². The van der Waals surface area contributed by atoms with Crippen molar-refractivity contribution < 1.29 is 4.74 Å². The second-order valence-electron chi connectivity index (χ2n) is 3.39. The lowest BCUT2D eigenvalue weighted by Crippen LogP contribution is -1.98. The molecule has 1 heterocycles. The molecule has 0 aliphatic rings. The van der Waals surface area contributed by atoms with Crippen molar-refractivity contribution in [2.75, 3.05) is 0 Å². The van der Waals surface area contributed by atoms with Crippen molar-refractivity contribution in [1.29, 1.82) is 0 Å². The lowest BCUT2D eigenvalue weighted by Gasteiger charge is -2.08. The first kappa shape index (κ1) is 11.5. The van der Waals surface area contributed by atoms with E-state index in [1.807, 2.05) is 29.6 Å². The van der Waals surface area contributed by atoms with Gasteiger partial charge in [0.1, 0.15) is 12.4 Å². The molecule has 0 radical (unpaired) electrons. The molecule has 0 atom stereocenters. The fourth-order valence-corrected chi connectivity index (χ4v) is 2.24. The minimum Gasteiger partial charge on any atom is -0.487 e. The Hall–Kier alpha value is -1.03. The fraction of sp³-hybridized carbons (Fsp3) is 0.167. The Morgan fingerprint density at radius 1 is 1.25 bits per heavy atom. The summed E-state index contributed by atoms with van der Waals surface area (Å²) in [5, 5.41) is 4.69. The van der Waals surface area contributed by atoms with Crippen molar-refractivity contribution in [2.45, 2.75) is 13.2 Å². The largest absolute Gasteiger partial charge is 0.487 e. The van der Waals surface area contributed by atoms with Crippen molar-refractivity contribution in [3.8, 4) is 5.75 Å². The van der Waals surface area contributed by atoms with Gasteiger partial charge in [0.25, 0.3) is 0 Å². The second-order valence-corrected chi connectivity index (χ2v) is 4.58. The highest BCUT2D eigenvalue weighted by atomic mass is 35.5. The van der Waals surface area contributed by atoms with Crippen LogP contribution >= 0.6 is 22.9 Å². The molecule has 0 aliphatic heterocycles.